The average molecular weight is 369 g/mol. The summed E-state index contributed by atoms with van der Waals surface area (Å²) in [6.07, 6.45) is 3.60. The number of urea groups is 1. The molecule has 1 N–H and O–H groups in total. The van der Waals surface area contributed by atoms with Gasteiger partial charge in [-0.15, -0.1) is 0 Å². The number of hydrogen-bond acceptors (Lipinski definition) is 4. The number of rotatable bonds is 4. The minimum atomic E-state index is -0.353. The third kappa shape index (κ3) is 3.47. The molecule has 6 nitrogen and oxygen atoms in total. The maximum Gasteiger partial charge on any atom is 0.317 e. The van der Waals surface area contributed by atoms with Gasteiger partial charge in [0.2, 0.25) is 0 Å². The number of benzene rings is 1. The highest BCUT2D eigenvalue weighted by molar-refractivity contribution is 5.74. The average Bonchev–Trinajstić information content (AvgIpc) is 3.31. The molecule has 2 aliphatic rings. The first-order valence-corrected chi connectivity index (χ1v) is 9.54. The van der Waals surface area contributed by atoms with Crippen molar-refractivity contribution in [2.75, 3.05) is 40.3 Å². The van der Waals surface area contributed by atoms with Crippen molar-refractivity contribution in [3.63, 3.8) is 0 Å². The third-order valence-corrected chi connectivity index (χ3v) is 5.72. The van der Waals surface area contributed by atoms with Crippen LogP contribution in [0.5, 0.6) is 0 Å². The Hall–Kier alpha value is -2.31. The largest absolute Gasteiger partial charge is 0.468 e. The number of aryl methyl sites for hydroxylation is 1. The highest BCUT2D eigenvalue weighted by atomic mass is 16.5. The fraction of sp³-hybridized carbons (Fsp3) is 0.476. The zero-order valence-electron chi connectivity index (χ0n) is 16.0. The van der Waals surface area contributed by atoms with Crippen LogP contribution in [0.1, 0.15) is 29.3 Å². The van der Waals surface area contributed by atoms with Gasteiger partial charge in [0.05, 0.1) is 25.5 Å². The molecule has 1 aliphatic heterocycles. The lowest BCUT2D eigenvalue weighted by Crippen LogP contribution is -2.54. The molecule has 2 amide bonds. The van der Waals surface area contributed by atoms with Crippen LogP contribution in [-0.4, -0.2) is 56.2 Å². The van der Waals surface area contributed by atoms with Crippen molar-refractivity contribution in [1.29, 1.82) is 0 Å². The van der Waals surface area contributed by atoms with Crippen LogP contribution >= 0.6 is 0 Å². The maximum absolute atomic E-state index is 12.9. The van der Waals surface area contributed by atoms with Gasteiger partial charge in [0.1, 0.15) is 11.4 Å². The SMILES string of the molecule is CN(C)C(CNC(=O)N1CCOC2(CCc3ccccc32)C1)c1ccco1. The van der Waals surface area contributed by atoms with Crippen LogP contribution in [0, 0.1) is 0 Å². The first-order valence-electron chi connectivity index (χ1n) is 9.54. The Kier molecular flexibility index (Phi) is 4.93. The van der Waals surface area contributed by atoms with E-state index in [0.29, 0.717) is 26.2 Å². The van der Waals surface area contributed by atoms with Crippen LogP contribution in [-0.2, 0) is 16.8 Å². The molecular weight excluding hydrogens is 342 g/mol. The first kappa shape index (κ1) is 18.1. The summed E-state index contributed by atoms with van der Waals surface area (Å²) in [5.74, 6) is 0.850. The third-order valence-electron chi connectivity index (χ3n) is 5.72. The van der Waals surface area contributed by atoms with Gasteiger partial charge in [-0.05, 0) is 50.2 Å². The molecule has 1 aliphatic carbocycles. The zero-order chi connectivity index (χ0) is 18.9. The van der Waals surface area contributed by atoms with E-state index in [1.54, 1.807) is 6.26 Å². The molecule has 6 heteroatoms. The zero-order valence-corrected chi connectivity index (χ0v) is 16.0. The van der Waals surface area contributed by atoms with Crippen molar-refractivity contribution >= 4 is 6.03 Å². The molecule has 144 valence electrons. The van der Waals surface area contributed by atoms with E-state index in [2.05, 4.69) is 29.6 Å². The molecule has 2 heterocycles. The van der Waals surface area contributed by atoms with E-state index < -0.39 is 0 Å². The molecule has 0 bridgehead atoms. The van der Waals surface area contributed by atoms with Gasteiger partial charge in [0.15, 0.2) is 0 Å². The molecule has 4 rings (SSSR count). The summed E-state index contributed by atoms with van der Waals surface area (Å²) >= 11 is 0. The summed E-state index contributed by atoms with van der Waals surface area (Å²) in [7, 11) is 3.97. The molecule has 1 spiro atoms. The molecule has 2 unspecified atom stereocenters. The van der Waals surface area contributed by atoms with E-state index in [4.69, 9.17) is 9.15 Å². The maximum atomic E-state index is 12.9. The number of likely N-dealkylation sites (N-methyl/N-ethyl adjacent to an activating group) is 1. The van der Waals surface area contributed by atoms with Gasteiger partial charge in [-0.2, -0.15) is 0 Å². The number of hydrogen-bond donors (Lipinski definition) is 1. The molecule has 0 radical (unpaired) electrons. The summed E-state index contributed by atoms with van der Waals surface area (Å²) in [5.41, 5.74) is 2.23. The number of fused-ring (bicyclic) bond motifs is 2. The Morgan fingerprint density at radius 3 is 2.93 bits per heavy atom. The van der Waals surface area contributed by atoms with Crippen molar-refractivity contribution in [2.45, 2.75) is 24.5 Å². The Morgan fingerprint density at radius 1 is 1.30 bits per heavy atom. The second kappa shape index (κ2) is 7.37. The molecule has 0 saturated carbocycles. The molecule has 1 aromatic carbocycles. The molecule has 1 fully saturated rings. The van der Waals surface area contributed by atoms with E-state index in [1.165, 1.54) is 11.1 Å². The highest BCUT2D eigenvalue weighted by Gasteiger charge is 2.44. The monoisotopic (exact) mass is 369 g/mol. The predicted octanol–water partition coefficient (Wildman–Crippen LogP) is 2.77. The molecule has 1 saturated heterocycles. The Balaban J connectivity index is 1.42. The van der Waals surface area contributed by atoms with Crippen molar-refractivity contribution < 1.29 is 13.9 Å². The minimum absolute atomic E-state index is 0.00570. The summed E-state index contributed by atoms with van der Waals surface area (Å²) in [6, 6.07) is 12.2. The van der Waals surface area contributed by atoms with Gasteiger partial charge in [-0.25, -0.2) is 4.79 Å². The molecule has 2 aromatic rings. The second-order valence-corrected chi connectivity index (χ2v) is 7.60. The van der Waals surface area contributed by atoms with Crippen LogP contribution < -0.4 is 5.32 Å². The van der Waals surface area contributed by atoms with E-state index in [1.807, 2.05) is 36.0 Å². The molecular formula is C21H27N3O3. The van der Waals surface area contributed by atoms with Gasteiger partial charge >= 0.3 is 6.03 Å². The van der Waals surface area contributed by atoms with Crippen LogP contribution in [0.3, 0.4) is 0 Å². The van der Waals surface area contributed by atoms with Crippen LogP contribution in [0.4, 0.5) is 4.79 Å². The first-order chi connectivity index (χ1) is 13.1. The summed E-state index contributed by atoms with van der Waals surface area (Å²) in [6.45, 7) is 2.28. The number of ether oxygens (including phenoxy) is 1. The van der Waals surface area contributed by atoms with E-state index in [0.717, 1.165) is 18.6 Å². The van der Waals surface area contributed by atoms with Crippen molar-refractivity contribution in [3.8, 4) is 0 Å². The minimum Gasteiger partial charge on any atom is -0.468 e. The highest BCUT2D eigenvalue weighted by Crippen LogP contribution is 2.42. The second-order valence-electron chi connectivity index (χ2n) is 7.60. The lowest BCUT2D eigenvalue weighted by Gasteiger charge is -2.41. The van der Waals surface area contributed by atoms with Crippen LogP contribution in [0.2, 0.25) is 0 Å². The topological polar surface area (TPSA) is 58.0 Å². The van der Waals surface area contributed by atoms with E-state index in [-0.39, 0.29) is 17.7 Å². The Bertz CT molecular complexity index is 786. The van der Waals surface area contributed by atoms with E-state index in [9.17, 15) is 4.79 Å². The van der Waals surface area contributed by atoms with Crippen LogP contribution in [0.15, 0.2) is 47.1 Å². The van der Waals surface area contributed by atoms with Gasteiger partial charge < -0.3 is 19.4 Å². The number of furan rings is 1. The van der Waals surface area contributed by atoms with Gasteiger partial charge in [-0.3, -0.25) is 4.90 Å². The lowest BCUT2D eigenvalue weighted by atomic mass is 9.94. The smallest absolute Gasteiger partial charge is 0.317 e. The number of nitrogens with zero attached hydrogens (tertiary/aromatic N) is 2. The molecule has 1 aromatic heterocycles. The number of nitrogens with one attached hydrogen (secondary N) is 1. The summed E-state index contributed by atoms with van der Waals surface area (Å²) in [5, 5.41) is 3.08. The molecule has 2 atom stereocenters. The summed E-state index contributed by atoms with van der Waals surface area (Å²) in [4.78, 5) is 16.8. The van der Waals surface area contributed by atoms with Crippen molar-refractivity contribution in [2.24, 2.45) is 0 Å². The predicted molar refractivity (Wildman–Crippen MR) is 103 cm³/mol. The molecule has 27 heavy (non-hydrogen) atoms. The lowest BCUT2D eigenvalue weighted by molar-refractivity contribution is -0.101. The number of amides is 2. The van der Waals surface area contributed by atoms with Crippen LogP contribution in [0.25, 0.3) is 0 Å². The fourth-order valence-corrected chi connectivity index (χ4v) is 4.24. The standard InChI is InChI=1S/C21H27N3O3/c1-23(2)18(19-8-5-12-26-19)14-22-20(25)24-11-13-27-21(15-24)10-9-16-6-3-4-7-17(16)21/h3-8,12,18H,9-11,13-15H2,1-2H3,(H,22,25). The van der Waals surface area contributed by atoms with Gasteiger partial charge in [0.25, 0.3) is 0 Å². The Morgan fingerprint density at radius 2 is 2.15 bits per heavy atom. The van der Waals surface area contributed by atoms with Gasteiger partial charge in [-0.1, -0.05) is 24.3 Å². The van der Waals surface area contributed by atoms with Gasteiger partial charge in [0, 0.05) is 13.1 Å². The quantitative estimate of drug-likeness (QED) is 0.900. The van der Waals surface area contributed by atoms with E-state index >= 15 is 0 Å². The Labute approximate surface area is 160 Å². The fourth-order valence-electron chi connectivity index (χ4n) is 4.24. The number of carbonyl (C=O) groups is 1. The number of carbonyl (C=O) groups excluding carboxylic acids is 1. The number of morpholine rings is 1. The van der Waals surface area contributed by atoms with Crippen molar-refractivity contribution in [3.05, 3.63) is 59.5 Å². The van der Waals surface area contributed by atoms with Crippen molar-refractivity contribution in [1.82, 2.24) is 15.1 Å². The normalized spacial score (nSPS) is 22.9. The summed E-state index contributed by atoms with van der Waals surface area (Å²) < 4.78 is 11.7.